The van der Waals surface area contributed by atoms with Gasteiger partial charge in [-0.2, -0.15) is 18.3 Å². The first-order chi connectivity index (χ1) is 21.7. The summed E-state index contributed by atoms with van der Waals surface area (Å²) >= 11 is 0. The molecular formula is C35H31F3N6O. The molecule has 4 heterocycles. The number of halogens is 3. The van der Waals surface area contributed by atoms with Gasteiger partial charge in [-0.1, -0.05) is 36.4 Å². The van der Waals surface area contributed by atoms with Crippen LogP contribution >= 0.6 is 0 Å². The highest BCUT2D eigenvalue weighted by Crippen LogP contribution is 2.39. The number of nitrogens with one attached hydrogen (secondary N) is 2. The summed E-state index contributed by atoms with van der Waals surface area (Å²) in [7, 11) is 2.12. The minimum absolute atomic E-state index is 0.0585. The largest absolute Gasteiger partial charge is 0.417 e. The smallest absolute Gasteiger partial charge is 0.310 e. The Morgan fingerprint density at radius 2 is 1.69 bits per heavy atom. The minimum atomic E-state index is -4.65. The van der Waals surface area contributed by atoms with E-state index in [4.69, 9.17) is 0 Å². The molecule has 0 unspecified atom stereocenters. The lowest BCUT2D eigenvalue weighted by Crippen LogP contribution is -2.40. The number of aromatic nitrogens is 4. The molecular weight excluding hydrogens is 577 g/mol. The lowest BCUT2D eigenvalue weighted by molar-refractivity contribution is -0.137. The molecule has 1 fully saturated rings. The number of hydrogen-bond acceptors (Lipinski definition) is 5. The van der Waals surface area contributed by atoms with Gasteiger partial charge in [0.05, 0.1) is 22.8 Å². The first-order valence-corrected chi connectivity index (χ1v) is 14.9. The summed E-state index contributed by atoms with van der Waals surface area (Å²) in [4.78, 5) is 20.2. The Balaban J connectivity index is 1.28. The van der Waals surface area contributed by atoms with E-state index in [1.165, 1.54) is 16.7 Å². The number of H-pyrrole nitrogens is 1. The summed E-state index contributed by atoms with van der Waals surface area (Å²) in [5, 5.41) is 11.7. The molecule has 6 aromatic rings. The van der Waals surface area contributed by atoms with Gasteiger partial charge in [-0.05, 0) is 85.6 Å². The molecule has 0 spiro atoms. The van der Waals surface area contributed by atoms with Crippen LogP contribution in [-0.2, 0) is 12.7 Å². The number of rotatable bonds is 6. The van der Waals surface area contributed by atoms with Crippen molar-refractivity contribution in [3.63, 3.8) is 0 Å². The van der Waals surface area contributed by atoms with Gasteiger partial charge in [-0.25, -0.2) is 0 Å². The van der Waals surface area contributed by atoms with Gasteiger partial charge in [0.15, 0.2) is 0 Å². The number of fused-ring (bicyclic) bond motifs is 3. The summed E-state index contributed by atoms with van der Waals surface area (Å²) in [6.07, 6.45) is 2.57. The van der Waals surface area contributed by atoms with Crippen molar-refractivity contribution in [3.8, 4) is 27.9 Å². The molecule has 2 N–H and O–H groups in total. The van der Waals surface area contributed by atoms with E-state index in [0.29, 0.717) is 40.0 Å². The topological polar surface area (TPSA) is 78.8 Å². The van der Waals surface area contributed by atoms with Crippen LogP contribution in [0.15, 0.2) is 96.2 Å². The quantitative estimate of drug-likeness (QED) is 0.204. The SMILES string of the molecule is CN1CCC(NCc2ccc(-c3ccc(-n4c(=O)ccc5cnc6ccc(-c7cn[nH]c7)cc6c54)cc3C(F)(F)F)cc2)CC1. The highest BCUT2D eigenvalue weighted by Gasteiger charge is 2.34. The molecule has 1 aliphatic rings. The molecule has 0 amide bonds. The number of alkyl halides is 3. The van der Waals surface area contributed by atoms with E-state index in [1.807, 2.05) is 30.3 Å². The van der Waals surface area contributed by atoms with E-state index < -0.39 is 17.3 Å². The van der Waals surface area contributed by atoms with Gasteiger partial charge in [0.25, 0.3) is 5.56 Å². The van der Waals surface area contributed by atoms with E-state index in [9.17, 15) is 18.0 Å². The zero-order chi connectivity index (χ0) is 31.1. The molecule has 45 heavy (non-hydrogen) atoms. The second-order valence-electron chi connectivity index (χ2n) is 11.7. The van der Waals surface area contributed by atoms with Crippen molar-refractivity contribution in [2.75, 3.05) is 20.1 Å². The van der Waals surface area contributed by atoms with Gasteiger partial charge in [0.2, 0.25) is 0 Å². The van der Waals surface area contributed by atoms with Crippen LogP contribution in [0, 0.1) is 0 Å². The number of piperidine rings is 1. The number of hydrogen-bond donors (Lipinski definition) is 2. The summed E-state index contributed by atoms with van der Waals surface area (Å²) in [5.41, 5.74) is 3.19. The molecule has 0 saturated carbocycles. The molecule has 7 nitrogen and oxygen atoms in total. The van der Waals surface area contributed by atoms with Crippen LogP contribution in [0.5, 0.6) is 0 Å². The number of likely N-dealkylation sites (tertiary alicyclic amines) is 1. The molecule has 228 valence electrons. The van der Waals surface area contributed by atoms with Crippen LogP contribution in [0.2, 0.25) is 0 Å². The third kappa shape index (κ3) is 5.74. The third-order valence-electron chi connectivity index (χ3n) is 8.69. The summed E-state index contributed by atoms with van der Waals surface area (Å²) in [6, 6.07) is 20.4. The molecule has 1 saturated heterocycles. The second-order valence-corrected chi connectivity index (χ2v) is 11.7. The fourth-order valence-electron chi connectivity index (χ4n) is 6.19. The Hall–Kier alpha value is -4.80. The van der Waals surface area contributed by atoms with Gasteiger partial charge in [0.1, 0.15) is 0 Å². The Morgan fingerprint density at radius 3 is 2.42 bits per heavy atom. The number of pyridine rings is 2. The maximum absolute atomic E-state index is 14.6. The fourth-order valence-corrected chi connectivity index (χ4v) is 6.19. The van der Waals surface area contributed by atoms with Gasteiger partial charge < -0.3 is 10.2 Å². The van der Waals surface area contributed by atoms with Crippen LogP contribution < -0.4 is 10.9 Å². The van der Waals surface area contributed by atoms with Crippen molar-refractivity contribution in [2.24, 2.45) is 0 Å². The minimum Gasteiger partial charge on any atom is -0.310 e. The Kier molecular flexibility index (Phi) is 7.47. The van der Waals surface area contributed by atoms with Gasteiger partial charge in [0, 0.05) is 53.1 Å². The van der Waals surface area contributed by atoms with Gasteiger partial charge >= 0.3 is 6.18 Å². The average molecular weight is 609 g/mol. The molecule has 0 atom stereocenters. The monoisotopic (exact) mass is 608 g/mol. The Bertz CT molecular complexity index is 2040. The van der Waals surface area contributed by atoms with E-state index in [2.05, 4.69) is 32.4 Å². The van der Waals surface area contributed by atoms with Crippen molar-refractivity contribution in [1.82, 2.24) is 30.0 Å². The van der Waals surface area contributed by atoms with Crippen molar-refractivity contribution in [3.05, 3.63) is 113 Å². The zero-order valence-corrected chi connectivity index (χ0v) is 24.6. The van der Waals surface area contributed by atoms with E-state index in [-0.39, 0.29) is 11.3 Å². The summed E-state index contributed by atoms with van der Waals surface area (Å²) in [5.74, 6) is 0. The lowest BCUT2D eigenvalue weighted by Gasteiger charge is -2.29. The molecule has 0 aliphatic carbocycles. The zero-order valence-electron chi connectivity index (χ0n) is 24.6. The predicted molar refractivity (Wildman–Crippen MR) is 170 cm³/mol. The van der Waals surface area contributed by atoms with E-state index >= 15 is 0 Å². The number of nitrogens with zero attached hydrogens (tertiary/aromatic N) is 4. The lowest BCUT2D eigenvalue weighted by atomic mass is 9.97. The molecule has 10 heteroatoms. The molecule has 0 radical (unpaired) electrons. The van der Waals surface area contributed by atoms with Crippen molar-refractivity contribution in [2.45, 2.75) is 31.6 Å². The molecule has 0 bridgehead atoms. The highest BCUT2D eigenvalue weighted by atomic mass is 19.4. The number of aromatic amines is 1. The van der Waals surface area contributed by atoms with Crippen molar-refractivity contribution in [1.29, 1.82) is 0 Å². The molecule has 7 rings (SSSR count). The fraction of sp³-hybridized carbons (Fsp3) is 0.229. The predicted octanol–water partition coefficient (Wildman–Crippen LogP) is 6.80. The number of benzene rings is 3. The first kappa shape index (κ1) is 28.9. The first-order valence-electron chi connectivity index (χ1n) is 14.9. The average Bonchev–Trinajstić information content (AvgIpc) is 3.59. The van der Waals surface area contributed by atoms with Crippen LogP contribution in [0.3, 0.4) is 0 Å². The normalized spacial score (nSPS) is 14.8. The van der Waals surface area contributed by atoms with Crippen LogP contribution in [0.1, 0.15) is 24.0 Å². The van der Waals surface area contributed by atoms with E-state index in [1.54, 1.807) is 42.9 Å². The van der Waals surface area contributed by atoms with Crippen molar-refractivity contribution < 1.29 is 13.2 Å². The van der Waals surface area contributed by atoms with E-state index in [0.717, 1.165) is 48.7 Å². The van der Waals surface area contributed by atoms with Crippen molar-refractivity contribution >= 4 is 21.8 Å². The third-order valence-corrected chi connectivity index (χ3v) is 8.69. The van der Waals surface area contributed by atoms with Gasteiger partial charge in [-0.15, -0.1) is 0 Å². The van der Waals surface area contributed by atoms with Crippen LogP contribution in [0.4, 0.5) is 13.2 Å². The Morgan fingerprint density at radius 1 is 0.911 bits per heavy atom. The maximum atomic E-state index is 14.6. The Labute approximate surface area is 257 Å². The van der Waals surface area contributed by atoms with Crippen LogP contribution in [0.25, 0.3) is 49.7 Å². The maximum Gasteiger partial charge on any atom is 0.417 e. The molecule has 3 aromatic heterocycles. The molecule has 1 aliphatic heterocycles. The summed E-state index contributed by atoms with van der Waals surface area (Å²) in [6.45, 7) is 2.77. The summed E-state index contributed by atoms with van der Waals surface area (Å²) < 4.78 is 45.2. The van der Waals surface area contributed by atoms with Crippen LogP contribution in [-0.4, -0.2) is 50.8 Å². The highest BCUT2D eigenvalue weighted by molar-refractivity contribution is 6.05. The van der Waals surface area contributed by atoms with Gasteiger partial charge in [-0.3, -0.25) is 19.4 Å². The molecule has 3 aromatic carbocycles. The standard InChI is InChI=1S/C35H31F3N6O/c1-43-14-12-27(13-15-43)39-18-22-2-4-23(5-3-22)29-9-8-28(17-31(29)35(36,37)38)44-33(45)11-7-25-19-40-32-10-6-24(16-30(32)34(25)44)26-20-41-42-21-26/h2-11,16-17,19-21,27,39H,12-15,18H2,1H3,(H,41,42). The second kappa shape index (κ2) is 11.6.